The summed E-state index contributed by atoms with van der Waals surface area (Å²) >= 11 is 3.10. The fourth-order valence-electron chi connectivity index (χ4n) is 0.665. The van der Waals surface area contributed by atoms with Gasteiger partial charge in [-0.25, -0.2) is 0 Å². The van der Waals surface area contributed by atoms with Gasteiger partial charge in [-0.15, -0.1) is 0 Å². The first-order valence-corrected chi connectivity index (χ1v) is 3.86. The van der Waals surface area contributed by atoms with Crippen LogP contribution >= 0.6 is 15.9 Å². The van der Waals surface area contributed by atoms with E-state index in [4.69, 9.17) is 6.85 Å². The summed E-state index contributed by atoms with van der Waals surface area (Å²) in [6, 6.07) is 1.41. The van der Waals surface area contributed by atoms with Crippen LogP contribution in [-0.4, -0.2) is 17.4 Å². The van der Waals surface area contributed by atoms with E-state index < -0.39 is 19.3 Å². The third-order valence-electron chi connectivity index (χ3n) is 1.14. The van der Waals surface area contributed by atoms with E-state index >= 15 is 0 Å². The molecule has 0 atom stereocenters. The zero-order chi connectivity index (χ0) is 13.3. The van der Waals surface area contributed by atoms with E-state index in [9.17, 15) is 4.79 Å². The molecule has 4 heteroatoms. The number of carbonyl (C=O) groups is 1. The Morgan fingerprint density at radius 1 is 1.92 bits per heavy atom. The van der Waals surface area contributed by atoms with Gasteiger partial charge in [0.05, 0.1) is 5.56 Å². The number of aromatic nitrogens is 1. The molecular weight excluding hydrogens is 220 g/mol. The molecule has 0 aromatic carbocycles. The number of amides is 1. The summed E-state index contributed by atoms with van der Waals surface area (Å²) in [5.41, 5.74) is 0.0764. The van der Waals surface area contributed by atoms with Gasteiger partial charge in [-0.05, 0) is 28.8 Å². The summed E-state index contributed by atoms with van der Waals surface area (Å²) in [5.74, 6) is -0.833. The highest BCUT2D eigenvalue weighted by Crippen LogP contribution is 2.08. The van der Waals surface area contributed by atoms with Crippen molar-refractivity contribution in [3.05, 3.63) is 28.5 Å². The summed E-state index contributed by atoms with van der Waals surface area (Å²) in [7, 11) is 0. The van der Waals surface area contributed by atoms with Crippen LogP contribution in [0.3, 0.4) is 0 Å². The van der Waals surface area contributed by atoms with Gasteiger partial charge in [0.1, 0.15) is 0 Å². The van der Waals surface area contributed by atoms with Crippen LogP contribution in [-0.2, 0) is 0 Å². The highest BCUT2D eigenvalue weighted by molar-refractivity contribution is 9.10. The molecule has 0 bridgehead atoms. The van der Waals surface area contributed by atoms with Crippen LogP contribution in [0.4, 0.5) is 0 Å². The second-order valence-corrected chi connectivity index (χ2v) is 2.89. The standard InChI is InChI=1S/C8H9BrN2O/c1-2-11-8(12)6-3-7(9)5-10-4-6/h3-5H,2H2,1H3,(H,11,12)/i1D3,2D2. The SMILES string of the molecule is [2H]C([2H])([2H])C([2H])([2H])NC(=O)c1cncc(Br)c1. The molecule has 0 radical (unpaired) electrons. The summed E-state index contributed by atoms with van der Waals surface area (Å²) in [6.45, 7) is -5.71. The number of halogens is 1. The third kappa shape index (κ3) is 2.30. The Labute approximate surface area is 86.3 Å². The maximum absolute atomic E-state index is 11.6. The molecule has 1 N–H and O–H groups in total. The fraction of sp³-hybridized carbons (Fsp3) is 0.250. The van der Waals surface area contributed by atoms with E-state index in [2.05, 4.69) is 20.9 Å². The van der Waals surface area contributed by atoms with Gasteiger partial charge in [-0.3, -0.25) is 9.78 Å². The zero-order valence-corrected chi connectivity index (χ0v) is 7.55. The smallest absolute Gasteiger partial charge is 0.252 e. The lowest BCUT2D eigenvalue weighted by atomic mass is 10.3. The number of hydrogen-bond acceptors (Lipinski definition) is 2. The van der Waals surface area contributed by atoms with E-state index in [1.807, 2.05) is 5.32 Å². The Kier molecular flexibility index (Phi) is 1.53. The lowest BCUT2D eigenvalue weighted by Gasteiger charge is -2.00. The molecule has 0 aliphatic heterocycles. The van der Waals surface area contributed by atoms with Crippen molar-refractivity contribution in [2.45, 2.75) is 6.85 Å². The molecular formula is C8H9BrN2O. The van der Waals surface area contributed by atoms with Gasteiger partial charge in [-0.2, -0.15) is 0 Å². The molecule has 1 rings (SSSR count). The van der Waals surface area contributed by atoms with Crippen molar-refractivity contribution in [1.82, 2.24) is 10.3 Å². The molecule has 3 nitrogen and oxygen atoms in total. The topological polar surface area (TPSA) is 42.0 Å². The molecule has 0 saturated heterocycles. The molecule has 0 spiro atoms. The second-order valence-electron chi connectivity index (χ2n) is 1.97. The van der Waals surface area contributed by atoms with E-state index in [1.165, 1.54) is 18.5 Å². The third-order valence-corrected chi connectivity index (χ3v) is 1.58. The van der Waals surface area contributed by atoms with E-state index in [1.54, 1.807) is 0 Å². The number of nitrogens with one attached hydrogen (secondary N) is 1. The Balaban J connectivity index is 2.87. The molecule has 0 saturated carbocycles. The van der Waals surface area contributed by atoms with Gasteiger partial charge < -0.3 is 5.32 Å². The summed E-state index contributed by atoms with van der Waals surface area (Å²) < 4.78 is 35.9. The largest absolute Gasteiger partial charge is 0.352 e. The van der Waals surface area contributed by atoms with Crippen LogP contribution in [0, 0.1) is 0 Å². The van der Waals surface area contributed by atoms with E-state index in [-0.39, 0.29) is 5.56 Å². The normalized spacial score (nSPS) is 17.9. The van der Waals surface area contributed by atoms with Crippen molar-refractivity contribution in [1.29, 1.82) is 0 Å². The van der Waals surface area contributed by atoms with Crippen LogP contribution < -0.4 is 5.32 Å². The van der Waals surface area contributed by atoms with Crippen LogP contribution in [0.5, 0.6) is 0 Å². The van der Waals surface area contributed by atoms with Gasteiger partial charge >= 0.3 is 0 Å². The van der Waals surface area contributed by atoms with Crippen molar-refractivity contribution in [3.8, 4) is 0 Å². The van der Waals surface area contributed by atoms with Crippen molar-refractivity contribution in [2.75, 3.05) is 6.50 Å². The molecule has 1 aromatic rings. The monoisotopic (exact) mass is 233 g/mol. The molecule has 1 heterocycles. The molecule has 12 heavy (non-hydrogen) atoms. The van der Waals surface area contributed by atoms with Gasteiger partial charge in [0.2, 0.25) is 0 Å². The Bertz CT molecular complexity index is 434. The van der Waals surface area contributed by atoms with Crippen molar-refractivity contribution >= 4 is 21.8 Å². The summed E-state index contributed by atoms with van der Waals surface area (Å²) in [4.78, 5) is 15.3. The first kappa shape index (κ1) is 4.37. The average Bonchev–Trinajstić information content (AvgIpc) is 2.15. The summed E-state index contributed by atoms with van der Waals surface area (Å²) in [6.07, 6.45) is 2.67. The highest BCUT2D eigenvalue weighted by Gasteiger charge is 2.03. The maximum Gasteiger partial charge on any atom is 0.252 e. The Morgan fingerprint density at radius 3 is 3.42 bits per heavy atom. The molecule has 1 amide bonds. The van der Waals surface area contributed by atoms with E-state index in [0.29, 0.717) is 4.47 Å². The Morgan fingerprint density at radius 2 is 2.75 bits per heavy atom. The van der Waals surface area contributed by atoms with Gasteiger partial charge in [-0.1, -0.05) is 0 Å². The van der Waals surface area contributed by atoms with Crippen LogP contribution in [0.25, 0.3) is 0 Å². The predicted molar refractivity (Wildman–Crippen MR) is 49.9 cm³/mol. The van der Waals surface area contributed by atoms with Crippen LogP contribution in [0.1, 0.15) is 24.1 Å². The van der Waals surface area contributed by atoms with Gasteiger partial charge in [0, 0.05) is 30.2 Å². The first-order valence-electron chi connectivity index (χ1n) is 5.56. The van der Waals surface area contributed by atoms with Crippen LogP contribution in [0.15, 0.2) is 22.9 Å². The van der Waals surface area contributed by atoms with Gasteiger partial charge in [0.15, 0.2) is 0 Å². The minimum Gasteiger partial charge on any atom is -0.352 e. The Hall–Kier alpha value is -0.900. The highest BCUT2D eigenvalue weighted by atomic mass is 79.9. The van der Waals surface area contributed by atoms with E-state index in [0.717, 1.165) is 0 Å². The zero-order valence-electron chi connectivity index (χ0n) is 11.0. The van der Waals surface area contributed by atoms with Gasteiger partial charge in [0.25, 0.3) is 5.91 Å². The molecule has 0 fully saturated rings. The molecule has 1 aromatic heterocycles. The number of hydrogen-bond donors (Lipinski definition) is 1. The maximum atomic E-state index is 11.6. The first-order chi connectivity index (χ1) is 7.63. The lowest BCUT2D eigenvalue weighted by molar-refractivity contribution is 0.0955. The number of pyridine rings is 1. The molecule has 0 aliphatic carbocycles. The predicted octanol–water partition coefficient (Wildman–Crippen LogP) is 1.59. The fourth-order valence-corrected chi connectivity index (χ4v) is 1.03. The minimum atomic E-state index is -2.93. The van der Waals surface area contributed by atoms with Crippen molar-refractivity contribution < 1.29 is 11.6 Å². The number of rotatable bonds is 2. The molecule has 0 unspecified atom stereocenters. The summed E-state index contributed by atoms with van der Waals surface area (Å²) in [5, 5.41) is 1.81. The quantitative estimate of drug-likeness (QED) is 0.844. The minimum absolute atomic E-state index is 0.0764. The lowest BCUT2D eigenvalue weighted by Crippen LogP contribution is -2.22. The number of nitrogens with zero attached hydrogens (tertiary/aromatic N) is 1. The second kappa shape index (κ2) is 4.21. The average molecular weight is 234 g/mol. The molecule has 0 aliphatic rings. The van der Waals surface area contributed by atoms with Crippen molar-refractivity contribution in [3.63, 3.8) is 0 Å². The van der Waals surface area contributed by atoms with Crippen molar-refractivity contribution in [2.24, 2.45) is 0 Å². The van der Waals surface area contributed by atoms with Crippen LogP contribution in [0.2, 0.25) is 0 Å². The molecule has 64 valence electrons. The number of carbonyl (C=O) groups excluding carboxylic acids is 1.